The van der Waals surface area contributed by atoms with Gasteiger partial charge in [-0.15, -0.1) is 0 Å². The molecule has 0 aromatic heterocycles. The molecule has 13 heavy (non-hydrogen) atoms. The maximum atomic E-state index is 8.37. The van der Waals surface area contributed by atoms with E-state index in [1.807, 2.05) is 18.2 Å². The first kappa shape index (κ1) is 8.26. The highest BCUT2D eigenvalue weighted by Gasteiger charge is 2.08. The molecule has 68 valence electrons. The van der Waals surface area contributed by atoms with Crippen LogP contribution in [0.3, 0.4) is 0 Å². The number of hydrogen-bond acceptors (Lipinski definition) is 3. The summed E-state index contributed by atoms with van der Waals surface area (Å²) < 4.78 is 5.31. The Hall–Kier alpha value is -1.35. The van der Waals surface area contributed by atoms with E-state index in [0.29, 0.717) is 6.61 Å². The number of hydrogen-bond donors (Lipinski definition) is 1. The minimum absolute atomic E-state index is 0.700. The maximum Gasteiger partial charge on any atom is 0.0733 e. The van der Waals surface area contributed by atoms with Gasteiger partial charge in [-0.3, -0.25) is 0 Å². The second-order valence-electron chi connectivity index (χ2n) is 3.08. The van der Waals surface area contributed by atoms with Gasteiger partial charge in [0.15, 0.2) is 0 Å². The first-order valence-corrected chi connectivity index (χ1v) is 4.27. The highest BCUT2D eigenvalue weighted by atomic mass is 16.5. The topological polar surface area (TPSA) is 41.8 Å². The van der Waals surface area contributed by atoms with E-state index in [1.54, 1.807) is 0 Å². The molecule has 0 radical (unpaired) electrons. The van der Waals surface area contributed by atoms with Crippen LogP contribution in [0.2, 0.25) is 0 Å². The summed E-state index contributed by atoms with van der Waals surface area (Å²) in [5.74, 6) is 0. The molecule has 3 nitrogen and oxygen atoms in total. The zero-order chi connectivity index (χ0) is 9.10. The second kappa shape index (κ2) is 3.58. The van der Waals surface area contributed by atoms with E-state index in [-0.39, 0.29) is 0 Å². The number of benzene rings is 1. The predicted octanol–water partition coefficient (Wildman–Crippen LogP) is 1.57. The number of nitrogens with zero attached hydrogens (tertiary/aromatic N) is 1. The van der Waals surface area contributed by atoms with Crippen LogP contribution >= 0.6 is 0 Å². The summed E-state index contributed by atoms with van der Waals surface area (Å²) in [7, 11) is 0. The van der Waals surface area contributed by atoms with Crippen LogP contribution in [-0.4, -0.2) is 18.0 Å². The predicted molar refractivity (Wildman–Crippen MR) is 49.2 cm³/mol. The third-order valence-corrected chi connectivity index (χ3v) is 2.21. The van der Waals surface area contributed by atoms with Crippen molar-refractivity contribution in [3.05, 3.63) is 34.9 Å². The molecule has 0 saturated carbocycles. The van der Waals surface area contributed by atoms with Crippen LogP contribution in [0, 0.1) is 0 Å². The molecule has 0 atom stereocenters. The summed E-state index contributed by atoms with van der Waals surface area (Å²) in [6, 6.07) is 5.98. The van der Waals surface area contributed by atoms with Crippen LogP contribution in [0.4, 0.5) is 0 Å². The van der Waals surface area contributed by atoms with Crippen molar-refractivity contribution in [2.45, 2.75) is 13.0 Å². The minimum atomic E-state index is 0.700. The summed E-state index contributed by atoms with van der Waals surface area (Å²) in [5, 5.41) is 11.4. The molecule has 0 amide bonds. The molecule has 0 unspecified atom stereocenters. The summed E-state index contributed by atoms with van der Waals surface area (Å²) in [6.07, 6.45) is 2.39. The Morgan fingerprint density at radius 2 is 2.31 bits per heavy atom. The van der Waals surface area contributed by atoms with E-state index < -0.39 is 0 Å². The number of ether oxygens (including phenoxy) is 1. The van der Waals surface area contributed by atoms with E-state index in [4.69, 9.17) is 9.94 Å². The molecule has 0 aliphatic carbocycles. The molecule has 1 heterocycles. The fraction of sp³-hybridized carbons (Fsp3) is 0.300. The Labute approximate surface area is 76.6 Å². The molecular weight excluding hydrogens is 166 g/mol. The van der Waals surface area contributed by atoms with Gasteiger partial charge < -0.3 is 9.94 Å². The van der Waals surface area contributed by atoms with Crippen LogP contribution in [-0.2, 0) is 17.8 Å². The molecule has 1 aromatic carbocycles. The quantitative estimate of drug-likeness (QED) is 0.402. The molecule has 0 saturated heterocycles. The lowest BCUT2D eigenvalue weighted by Gasteiger charge is -2.16. The van der Waals surface area contributed by atoms with E-state index in [1.165, 1.54) is 17.3 Å². The third-order valence-electron chi connectivity index (χ3n) is 2.21. The van der Waals surface area contributed by atoms with Crippen LogP contribution in [0.5, 0.6) is 0 Å². The maximum absolute atomic E-state index is 8.37. The number of rotatable bonds is 1. The second-order valence-corrected chi connectivity index (χ2v) is 3.08. The Morgan fingerprint density at radius 1 is 1.38 bits per heavy atom. The van der Waals surface area contributed by atoms with Crippen molar-refractivity contribution in [3.63, 3.8) is 0 Å². The largest absolute Gasteiger partial charge is 0.411 e. The van der Waals surface area contributed by atoms with Gasteiger partial charge in [0.1, 0.15) is 0 Å². The monoisotopic (exact) mass is 177 g/mol. The average Bonchev–Trinajstić information content (AvgIpc) is 2.18. The highest BCUT2D eigenvalue weighted by Crippen LogP contribution is 2.17. The van der Waals surface area contributed by atoms with Crippen LogP contribution < -0.4 is 0 Å². The van der Waals surface area contributed by atoms with Crippen LogP contribution in [0.1, 0.15) is 16.7 Å². The van der Waals surface area contributed by atoms with Crippen molar-refractivity contribution in [1.82, 2.24) is 0 Å². The smallest absolute Gasteiger partial charge is 0.0733 e. The molecule has 1 aliphatic rings. The van der Waals surface area contributed by atoms with Crippen molar-refractivity contribution >= 4 is 6.21 Å². The molecule has 0 fully saturated rings. The lowest BCUT2D eigenvalue weighted by atomic mass is 10.0. The first-order valence-electron chi connectivity index (χ1n) is 4.27. The fourth-order valence-corrected chi connectivity index (χ4v) is 1.53. The van der Waals surface area contributed by atoms with E-state index >= 15 is 0 Å². The Kier molecular flexibility index (Phi) is 2.27. The lowest BCUT2D eigenvalue weighted by Crippen LogP contribution is -2.09. The van der Waals surface area contributed by atoms with Gasteiger partial charge in [-0.05, 0) is 29.2 Å². The van der Waals surface area contributed by atoms with E-state index in [0.717, 1.165) is 18.6 Å². The van der Waals surface area contributed by atoms with Gasteiger partial charge in [-0.1, -0.05) is 17.3 Å². The molecule has 0 spiro atoms. The average molecular weight is 177 g/mol. The zero-order valence-corrected chi connectivity index (χ0v) is 7.23. The summed E-state index contributed by atoms with van der Waals surface area (Å²) >= 11 is 0. The first-order chi connectivity index (χ1) is 6.40. The van der Waals surface area contributed by atoms with Gasteiger partial charge in [0.05, 0.1) is 19.4 Å². The van der Waals surface area contributed by atoms with Crippen molar-refractivity contribution in [3.8, 4) is 0 Å². The number of fused-ring (bicyclic) bond motifs is 1. The van der Waals surface area contributed by atoms with Crippen molar-refractivity contribution in [1.29, 1.82) is 0 Å². The van der Waals surface area contributed by atoms with Crippen molar-refractivity contribution < 1.29 is 9.94 Å². The molecule has 2 rings (SSSR count). The normalized spacial score (nSPS) is 16.0. The molecule has 1 aliphatic heterocycles. The molecule has 1 aromatic rings. The molecule has 1 N–H and O–H groups in total. The Morgan fingerprint density at radius 3 is 3.15 bits per heavy atom. The highest BCUT2D eigenvalue weighted by molar-refractivity contribution is 5.79. The Balaban J connectivity index is 2.35. The lowest BCUT2D eigenvalue weighted by molar-refractivity contribution is 0.111. The van der Waals surface area contributed by atoms with Crippen LogP contribution in [0.25, 0.3) is 0 Å². The van der Waals surface area contributed by atoms with Gasteiger partial charge in [-0.25, -0.2) is 0 Å². The van der Waals surface area contributed by atoms with Crippen molar-refractivity contribution in [2.24, 2.45) is 5.16 Å². The van der Waals surface area contributed by atoms with Gasteiger partial charge in [0.2, 0.25) is 0 Å². The zero-order valence-electron chi connectivity index (χ0n) is 7.23. The van der Waals surface area contributed by atoms with Gasteiger partial charge in [0.25, 0.3) is 0 Å². The van der Waals surface area contributed by atoms with Gasteiger partial charge in [0, 0.05) is 0 Å². The summed E-state index contributed by atoms with van der Waals surface area (Å²) in [6.45, 7) is 1.48. The standard InChI is InChI=1S/C10H11NO2/c12-11-6-8-1-2-10-7-13-4-3-9(10)5-8/h1-2,5-6,12H,3-4,7H2/b11-6+. The van der Waals surface area contributed by atoms with E-state index in [9.17, 15) is 0 Å². The van der Waals surface area contributed by atoms with Crippen molar-refractivity contribution in [2.75, 3.05) is 6.61 Å². The van der Waals surface area contributed by atoms with Gasteiger partial charge >= 0.3 is 0 Å². The number of oxime groups is 1. The fourth-order valence-electron chi connectivity index (χ4n) is 1.53. The molecule has 0 bridgehead atoms. The SMILES string of the molecule is O/N=C/c1ccc2c(c1)CCOC2. The molecule has 3 heteroatoms. The third kappa shape index (κ3) is 1.70. The minimum Gasteiger partial charge on any atom is -0.411 e. The summed E-state index contributed by atoms with van der Waals surface area (Å²) in [5.41, 5.74) is 3.47. The molecular formula is C10H11NO2. The van der Waals surface area contributed by atoms with Gasteiger partial charge in [-0.2, -0.15) is 0 Å². The summed E-state index contributed by atoms with van der Waals surface area (Å²) in [4.78, 5) is 0. The van der Waals surface area contributed by atoms with E-state index in [2.05, 4.69) is 5.16 Å². The van der Waals surface area contributed by atoms with Crippen LogP contribution in [0.15, 0.2) is 23.4 Å². The Bertz CT molecular complexity index is 334.